The summed E-state index contributed by atoms with van der Waals surface area (Å²) < 4.78 is 0. The van der Waals surface area contributed by atoms with Crippen molar-refractivity contribution in [2.45, 2.75) is 46.5 Å². The number of carbonyl (C=O) groups is 1. The summed E-state index contributed by atoms with van der Waals surface area (Å²) in [4.78, 5) is 12.4. The van der Waals surface area contributed by atoms with Gasteiger partial charge in [0.1, 0.15) is 0 Å². The summed E-state index contributed by atoms with van der Waals surface area (Å²) in [6, 6.07) is 6.11. The Labute approximate surface area is 104 Å². The molecule has 1 saturated carbocycles. The van der Waals surface area contributed by atoms with E-state index >= 15 is 0 Å². The van der Waals surface area contributed by atoms with Gasteiger partial charge in [0.25, 0.3) is 0 Å². The molecule has 0 radical (unpaired) electrons. The largest absolute Gasteiger partial charge is 0.294 e. The lowest BCUT2D eigenvalue weighted by Crippen LogP contribution is -2.21. The first-order chi connectivity index (χ1) is 8.08. The van der Waals surface area contributed by atoms with Crippen LogP contribution < -0.4 is 0 Å². The number of carbonyl (C=O) groups excluding carboxylic acids is 1. The van der Waals surface area contributed by atoms with E-state index < -0.39 is 0 Å². The number of aryl methyl sites for hydroxylation is 2. The highest BCUT2D eigenvalue weighted by Crippen LogP contribution is 2.31. The van der Waals surface area contributed by atoms with Crippen LogP contribution in [0.15, 0.2) is 18.2 Å². The molecule has 1 heteroatoms. The number of rotatable bonds is 2. The smallest absolute Gasteiger partial charge is 0.165 e. The number of benzene rings is 1. The molecule has 2 unspecified atom stereocenters. The molecule has 0 aromatic heterocycles. The van der Waals surface area contributed by atoms with E-state index in [4.69, 9.17) is 0 Å². The van der Waals surface area contributed by atoms with Crippen LogP contribution in [-0.4, -0.2) is 5.78 Å². The molecule has 92 valence electrons. The SMILES string of the molecule is Cc1ccc(C(=O)C2CCCC(C)C2)cc1C. The highest BCUT2D eigenvalue weighted by atomic mass is 16.1. The summed E-state index contributed by atoms with van der Waals surface area (Å²) in [7, 11) is 0. The molecule has 1 aromatic rings. The number of Topliss-reactive ketones (excluding diaryl/α,β-unsaturated/α-hetero) is 1. The Morgan fingerprint density at radius 3 is 2.59 bits per heavy atom. The van der Waals surface area contributed by atoms with Crippen molar-refractivity contribution in [1.29, 1.82) is 0 Å². The minimum absolute atomic E-state index is 0.265. The third kappa shape index (κ3) is 2.77. The monoisotopic (exact) mass is 230 g/mol. The molecule has 1 aliphatic carbocycles. The molecular weight excluding hydrogens is 208 g/mol. The van der Waals surface area contributed by atoms with E-state index in [0.717, 1.165) is 18.4 Å². The van der Waals surface area contributed by atoms with Crippen LogP contribution in [0.4, 0.5) is 0 Å². The Morgan fingerprint density at radius 1 is 1.18 bits per heavy atom. The molecule has 0 N–H and O–H groups in total. The lowest BCUT2D eigenvalue weighted by Gasteiger charge is -2.25. The summed E-state index contributed by atoms with van der Waals surface area (Å²) in [6.45, 7) is 6.43. The predicted molar refractivity (Wildman–Crippen MR) is 71.4 cm³/mol. The van der Waals surface area contributed by atoms with Gasteiger partial charge in [0.05, 0.1) is 0 Å². The van der Waals surface area contributed by atoms with Crippen LogP contribution in [0.25, 0.3) is 0 Å². The molecule has 17 heavy (non-hydrogen) atoms. The number of hydrogen-bond acceptors (Lipinski definition) is 1. The van der Waals surface area contributed by atoms with Crippen molar-refractivity contribution in [3.05, 3.63) is 34.9 Å². The molecule has 1 nitrogen and oxygen atoms in total. The molecule has 0 amide bonds. The average molecular weight is 230 g/mol. The fraction of sp³-hybridized carbons (Fsp3) is 0.562. The molecule has 0 aliphatic heterocycles. The zero-order valence-corrected chi connectivity index (χ0v) is 11.1. The second-order valence-corrected chi connectivity index (χ2v) is 5.63. The van der Waals surface area contributed by atoms with Gasteiger partial charge in [0, 0.05) is 11.5 Å². The van der Waals surface area contributed by atoms with Gasteiger partial charge in [-0.3, -0.25) is 4.79 Å². The van der Waals surface area contributed by atoms with E-state index in [1.807, 2.05) is 6.07 Å². The highest BCUT2D eigenvalue weighted by Gasteiger charge is 2.25. The summed E-state index contributed by atoms with van der Waals surface area (Å²) in [5.74, 6) is 1.34. The number of ketones is 1. The van der Waals surface area contributed by atoms with E-state index in [2.05, 4.69) is 32.9 Å². The van der Waals surface area contributed by atoms with Gasteiger partial charge in [-0.2, -0.15) is 0 Å². The van der Waals surface area contributed by atoms with E-state index in [-0.39, 0.29) is 5.92 Å². The van der Waals surface area contributed by atoms with E-state index in [0.29, 0.717) is 11.7 Å². The van der Waals surface area contributed by atoms with Crippen molar-refractivity contribution < 1.29 is 4.79 Å². The maximum Gasteiger partial charge on any atom is 0.165 e. The number of hydrogen-bond donors (Lipinski definition) is 0. The van der Waals surface area contributed by atoms with Crippen LogP contribution in [0.2, 0.25) is 0 Å². The third-order valence-corrected chi connectivity index (χ3v) is 4.10. The topological polar surface area (TPSA) is 17.1 Å². The highest BCUT2D eigenvalue weighted by molar-refractivity contribution is 5.98. The van der Waals surface area contributed by atoms with Crippen molar-refractivity contribution in [3.8, 4) is 0 Å². The molecule has 2 rings (SSSR count). The van der Waals surface area contributed by atoms with Gasteiger partial charge in [-0.05, 0) is 49.8 Å². The van der Waals surface area contributed by atoms with Crippen molar-refractivity contribution >= 4 is 5.78 Å². The van der Waals surface area contributed by atoms with E-state index in [1.54, 1.807) is 0 Å². The third-order valence-electron chi connectivity index (χ3n) is 4.10. The summed E-state index contributed by atoms with van der Waals surface area (Å²) >= 11 is 0. The molecule has 2 atom stereocenters. The first-order valence-corrected chi connectivity index (χ1v) is 6.69. The van der Waals surface area contributed by atoms with Gasteiger partial charge in [-0.25, -0.2) is 0 Å². The van der Waals surface area contributed by atoms with Gasteiger partial charge in [-0.1, -0.05) is 31.9 Å². The zero-order chi connectivity index (χ0) is 12.4. The molecular formula is C16H22O. The lowest BCUT2D eigenvalue weighted by molar-refractivity contribution is 0.0868. The Balaban J connectivity index is 2.15. The van der Waals surface area contributed by atoms with Crippen molar-refractivity contribution in [3.63, 3.8) is 0 Å². The molecule has 1 aliphatic rings. The van der Waals surface area contributed by atoms with Crippen molar-refractivity contribution in [1.82, 2.24) is 0 Å². The van der Waals surface area contributed by atoms with E-state index in [9.17, 15) is 4.79 Å². The molecule has 0 heterocycles. The minimum Gasteiger partial charge on any atom is -0.294 e. The van der Waals surface area contributed by atoms with Gasteiger partial charge in [-0.15, -0.1) is 0 Å². The Bertz CT molecular complexity index is 420. The Hall–Kier alpha value is -1.11. The van der Waals surface area contributed by atoms with E-state index in [1.165, 1.54) is 24.0 Å². The minimum atomic E-state index is 0.265. The van der Waals surface area contributed by atoms with Crippen LogP contribution in [0.5, 0.6) is 0 Å². The quantitative estimate of drug-likeness (QED) is 0.692. The second kappa shape index (κ2) is 5.03. The predicted octanol–water partition coefficient (Wildman–Crippen LogP) is 4.31. The van der Waals surface area contributed by atoms with Crippen LogP contribution >= 0.6 is 0 Å². The Morgan fingerprint density at radius 2 is 1.94 bits per heavy atom. The molecule has 0 spiro atoms. The van der Waals surface area contributed by atoms with Crippen molar-refractivity contribution in [2.75, 3.05) is 0 Å². The maximum atomic E-state index is 12.4. The Kier molecular flexibility index (Phi) is 3.66. The average Bonchev–Trinajstić information content (AvgIpc) is 2.32. The standard InChI is InChI=1S/C16H22O/c1-11-5-4-6-14(9-11)16(17)15-8-7-12(2)13(3)10-15/h7-8,10-11,14H,4-6,9H2,1-3H3. The molecule has 1 fully saturated rings. The van der Waals surface area contributed by atoms with Gasteiger partial charge in [0.2, 0.25) is 0 Å². The van der Waals surface area contributed by atoms with Crippen LogP contribution in [0.1, 0.15) is 54.1 Å². The summed E-state index contributed by atoms with van der Waals surface area (Å²) in [5.41, 5.74) is 3.39. The molecule has 1 aromatic carbocycles. The van der Waals surface area contributed by atoms with Crippen LogP contribution in [-0.2, 0) is 0 Å². The lowest BCUT2D eigenvalue weighted by atomic mass is 9.78. The van der Waals surface area contributed by atoms with Crippen molar-refractivity contribution in [2.24, 2.45) is 11.8 Å². The first-order valence-electron chi connectivity index (χ1n) is 6.69. The van der Waals surface area contributed by atoms with Crippen LogP contribution in [0, 0.1) is 25.7 Å². The fourth-order valence-corrected chi connectivity index (χ4v) is 2.80. The van der Waals surface area contributed by atoms with Crippen LogP contribution in [0.3, 0.4) is 0 Å². The summed E-state index contributed by atoms with van der Waals surface area (Å²) in [5, 5.41) is 0. The molecule has 0 saturated heterocycles. The maximum absolute atomic E-state index is 12.4. The second-order valence-electron chi connectivity index (χ2n) is 5.63. The normalized spacial score (nSPS) is 24.6. The zero-order valence-electron chi connectivity index (χ0n) is 11.1. The summed E-state index contributed by atoms with van der Waals surface area (Å²) in [6.07, 6.45) is 4.65. The van der Waals surface area contributed by atoms with Gasteiger partial charge < -0.3 is 0 Å². The van der Waals surface area contributed by atoms with Gasteiger partial charge in [0.15, 0.2) is 5.78 Å². The fourth-order valence-electron chi connectivity index (χ4n) is 2.80. The molecule has 0 bridgehead atoms. The first kappa shape index (κ1) is 12.3. The van der Waals surface area contributed by atoms with Gasteiger partial charge >= 0.3 is 0 Å².